The molecule has 0 amide bonds. The van der Waals surface area contributed by atoms with Crippen LogP contribution < -0.4 is 4.74 Å². The third kappa shape index (κ3) is 11.2. The van der Waals surface area contributed by atoms with Crippen molar-refractivity contribution in [1.29, 1.82) is 0 Å². The molecule has 1 aliphatic carbocycles. The second kappa shape index (κ2) is 16.3. The quantitative estimate of drug-likeness (QED) is 0.0992. The lowest BCUT2D eigenvalue weighted by atomic mass is 9.79. The molecule has 272 valence electrons. The Morgan fingerprint density at radius 3 is 1.69 bits per heavy atom. The summed E-state index contributed by atoms with van der Waals surface area (Å²) in [5, 5.41) is 22.7. The zero-order valence-corrected chi connectivity index (χ0v) is 33.2. The number of aromatic hydroxyl groups is 2. The molecule has 0 heterocycles. The van der Waals surface area contributed by atoms with Gasteiger partial charge in [-0.15, -0.1) is 0 Å². The van der Waals surface area contributed by atoms with Crippen molar-refractivity contribution >= 4 is 27.0 Å². The number of phenolic OH excluding ortho intramolecular Hbond substituents is 2. The zero-order chi connectivity index (χ0) is 36.8. The Kier molecular flexibility index (Phi) is 13.5. The smallest absolute Gasteiger partial charge is 0.335 e. The van der Waals surface area contributed by atoms with E-state index in [4.69, 9.17) is 23.6 Å². The second-order valence-electron chi connectivity index (χ2n) is 16.6. The monoisotopic (exact) mass is 694 g/mol. The van der Waals surface area contributed by atoms with Gasteiger partial charge in [-0.1, -0.05) is 81.2 Å². The molecule has 3 rings (SSSR count). The third-order valence-corrected chi connectivity index (χ3v) is 12.1. The SMILES string of the molecule is CCO[Si](C)(CCC(=O)Oc1cc(/C=N/[C@@H]2CCCC[C@H]2/N=C/c2cc(C(C)(C)C)cc(C(C)(C)C)c2O)c(O)c(C(C)(C)C)c1)OCC. The maximum absolute atomic E-state index is 13.0. The van der Waals surface area contributed by atoms with Crippen LogP contribution in [0, 0.1) is 0 Å². The maximum Gasteiger partial charge on any atom is 0.335 e. The van der Waals surface area contributed by atoms with Gasteiger partial charge in [0, 0.05) is 60.4 Å². The third-order valence-electron chi connectivity index (χ3n) is 9.15. The van der Waals surface area contributed by atoms with Gasteiger partial charge in [-0.25, -0.2) is 0 Å². The van der Waals surface area contributed by atoms with Gasteiger partial charge in [-0.2, -0.15) is 0 Å². The molecule has 9 heteroatoms. The number of benzene rings is 2. The van der Waals surface area contributed by atoms with Gasteiger partial charge in [-0.05, 0) is 73.2 Å². The van der Waals surface area contributed by atoms with E-state index in [-0.39, 0.29) is 46.8 Å². The number of aliphatic imine (C=N–C) groups is 2. The first-order chi connectivity index (χ1) is 22.7. The number of ether oxygens (including phenoxy) is 1. The van der Waals surface area contributed by atoms with E-state index in [0.29, 0.717) is 36.1 Å². The summed E-state index contributed by atoms with van der Waals surface area (Å²) in [6, 6.07) is 7.91. The second-order valence-corrected chi connectivity index (χ2v) is 19.9. The fraction of sp³-hybridized carbons (Fsp3) is 0.625. The molecular formula is C40H62N2O6Si. The molecule has 0 radical (unpaired) electrons. The van der Waals surface area contributed by atoms with Gasteiger partial charge in [0.15, 0.2) is 0 Å². The van der Waals surface area contributed by atoms with Crippen molar-refractivity contribution in [3.05, 3.63) is 52.1 Å². The average molecular weight is 695 g/mol. The van der Waals surface area contributed by atoms with E-state index in [1.165, 1.54) is 0 Å². The fourth-order valence-corrected chi connectivity index (χ4v) is 8.47. The lowest BCUT2D eigenvalue weighted by Crippen LogP contribution is -2.39. The van der Waals surface area contributed by atoms with E-state index < -0.39 is 14.0 Å². The summed E-state index contributed by atoms with van der Waals surface area (Å²) in [7, 11) is -2.47. The van der Waals surface area contributed by atoms with E-state index in [9.17, 15) is 15.0 Å². The topological polar surface area (TPSA) is 110 Å². The molecule has 0 saturated heterocycles. The van der Waals surface area contributed by atoms with E-state index in [2.05, 4.69) is 47.6 Å². The number of nitrogens with zero attached hydrogens (tertiary/aromatic N) is 2. The number of hydrogen-bond donors (Lipinski definition) is 2. The first kappa shape index (κ1) is 40.4. The van der Waals surface area contributed by atoms with Crippen molar-refractivity contribution in [3.63, 3.8) is 0 Å². The zero-order valence-electron chi connectivity index (χ0n) is 32.2. The molecule has 2 atom stereocenters. The van der Waals surface area contributed by atoms with E-state index in [1.54, 1.807) is 18.3 Å². The number of carbonyl (C=O) groups is 1. The molecule has 1 saturated carbocycles. The van der Waals surface area contributed by atoms with Crippen molar-refractivity contribution in [2.24, 2.45) is 9.98 Å². The summed E-state index contributed by atoms with van der Waals surface area (Å²) in [6.45, 7) is 25.8. The summed E-state index contributed by atoms with van der Waals surface area (Å²) in [5.41, 5.74) is 3.24. The number of rotatable bonds is 12. The Morgan fingerprint density at radius 2 is 1.24 bits per heavy atom. The van der Waals surface area contributed by atoms with Crippen molar-refractivity contribution < 1.29 is 28.6 Å². The summed E-state index contributed by atoms with van der Waals surface area (Å²) in [6.07, 6.45) is 7.52. The van der Waals surface area contributed by atoms with Crippen molar-refractivity contribution in [1.82, 2.24) is 0 Å². The molecule has 0 aliphatic heterocycles. The minimum absolute atomic E-state index is 0.0693. The molecule has 0 bridgehead atoms. The lowest BCUT2D eigenvalue weighted by Gasteiger charge is -2.28. The molecule has 2 N–H and O–H groups in total. The van der Waals surface area contributed by atoms with Gasteiger partial charge < -0.3 is 23.8 Å². The van der Waals surface area contributed by atoms with E-state index >= 15 is 0 Å². The van der Waals surface area contributed by atoms with Crippen molar-refractivity contribution in [2.45, 2.75) is 149 Å². The number of esters is 1. The number of carbonyl (C=O) groups excluding carboxylic acids is 1. The van der Waals surface area contributed by atoms with Crippen LogP contribution in [0.1, 0.15) is 136 Å². The maximum atomic E-state index is 13.0. The van der Waals surface area contributed by atoms with Crippen LogP contribution in [-0.4, -0.2) is 62.5 Å². The van der Waals surface area contributed by atoms with Crippen molar-refractivity contribution in [3.8, 4) is 17.2 Å². The van der Waals surface area contributed by atoms with Crippen LogP contribution in [0.25, 0.3) is 0 Å². The van der Waals surface area contributed by atoms with Crippen LogP contribution >= 0.6 is 0 Å². The molecule has 1 aliphatic rings. The molecule has 0 aromatic heterocycles. The van der Waals surface area contributed by atoms with Crippen LogP contribution in [0.15, 0.2) is 34.3 Å². The minimum Gasteiger partial charge on any atom is -0.507 e. The molecule has 0 unspecified atom stereocenters. The van der Waals surface area contributed by atoms with Gasteiger partial charge >= 0.3 is 14.5 Å². The Balaban J connectivity index is 1.91. The van der Waals surface area contributed by atoms with Gasteiger partial charge in [0.05, 0.1) is 12.1 Å². The van der Waals surface area contributed by atoms with Gasteiger partial charge in [-0.3, -0.25) is 14.8 Å². The Hall–Kier alpha value is -3.01. The van der Waals surface area contributed by atoms with Gasteiger partial charge in [0.25, 0.3) is 0 Å². The first-order valence-corrected chi connectivity index (χ1v) is 20.5. The van der Waals surface area contributed by atoms with Crippen molar-refractivity contribution in [2.75, 3.05) is 13.2 Å². The highest BCUT2D eigenvalue weighted by Crippen LogP contribution is 2.39. The van der Waals surface area contributed by atoms with Crippen LogP contribution in [0.2, 0.25) is 12.6 Å². The molecule has 8 nitrogen and oxygen atoms in total. The molecule has 49 heavy (non-hydrogen) atoms. The molecule has 2 aromatic carbocycles. The normalized spacial score (nSPS) is 18.0. The number of hydrogen-bond acceptors (Lipinski definition) is 8. The molecular weight excluding hydrogens is 633 g/mol. The molecule has 2 aromatic rings. The van der Waals surface area contributed by atoms with Crippen LogP contribution in [0.3, 0.4) is 0 Å². The summed E-state index contributed by atoms with van der Waals surface area (Å²) >= 11 is 0. The predicted molar refractivity (Wildman–Crippen MR) is 203 cm³/mol. The Morgan fingerprint density at radius 1 is 0.776 bits per heavy atom. The van der Waals surface area contributed by atoms with Gasteiger partial charge in [0.2, 0.25) is 0 Å². The van der Waals surface area contributed by atoms with E-state index in [0.717, 1.165) is 42.4 Å². The summed E-state index contributed by atoms with van der Waals surface area (Å²) < 4.78 is 17.6. The summed E-state index contributed by atoms with van der Waals surface area (Å²) in [4.78, 5) is 23.0. The fourth-order valence-electron chi connectivity index (χ4n) is 6.22. The summed E-state index contributed by atoms with van der Waals surface area (Å²) in [5.74, 6) is 0.390. The highest BCUT2D eigenvalue weighted by atomic mass is 28.4. The average Bonchev–Trinajstić information content (AvgIpc) is 2.98. The largest absolute Gasteiger partial charge is 0.507 e. The van der Waals surface area contributed by atoms with Crippen LogP contribution in [-0.2, 0) is 29.9 Å². The highest BCUT2D eigenvalue weighted by Gasteiger charge is 2.32. The van der Waals surface area contributed by atoms with Crippen LogP contribution in [0.5, 0.6) is 17.2 Å². The molecule has 0 spiro atoms. The highest BCUT2D eigenvalue weighted by molar-refractivity contribution is 6.66. The number of phenols is 2. The first-order valence-electron chi connectivity index (χ1n) is 18.0. The van der Waals surface area contributed by atoms with E-state index in [1.807, 2.05) is 53.4 Å². The Labute approximate surface area is 296 Å². The predicted octanol–water partition coefficient (Wildman–Crippen LogP) is 9.28. The standard InChI is InChI=1S/C40H62N2O6Si/c1-13-46-49(12,47-14-2)20-19-35(43)48-30-22-28(37(45)32(24-30)40(9,10)11)26-42-34-18-16-15-17-33(34)41-25-27-21-29(38(3,4)5)23-31(36(27)44)39(6,7)8/h21-26,33-34,44-45H,13-20H2,1-12H3/b41-25+,42-26+/t33-,34-/m1/s1. The van der Waals surface area contributed by atoms with Gasteiger partial charge in [0.1, 0.15) is 17.2 Å². The van der Waals surface area contributed by atoms with Crippen LogP contribution in [0.4, 0.5) is 0 Å². The Bertz CT molecular complexity index is 1490. The minimum atomic E-state index is -2.47. The molecule has 1 fully saturated rings. The lowest BCUT2D eigenvalue weighted by molar-refractivity contribution is -0.134.